The predicted octanol–water partition coefficient (Wildman–Crippen LogP) is 4.28. The highest BCUT2D eigenvalue weighted by Crippen LogP contribution is 2.25. The summed E-state index contributed by atoms with van der Waals surface area (Å²) in [5, 5.41) is 4.78. The quantitative estimate of drug-likeness (QED) is 0.646. The minimum Gasteiger partial charge on any atom is -0.487 e. The average molecular weight is 378 g/mol. The second kappa shape index (κ2) is 8.80. The van der Waals surface area contributed by atoms with E-state index in [-0.39, 0.29) is 0 Å². The normalized spacial score (nSPS) is 15.4. The van der Waals surface area contributed by atoms with Crippen LogP contribution in [0.1, 0.15) is 29.7 Å². The monoisotopic (exact) mass is 377 g/mol. The molecule has 148 valence electrons. The molecular weight excluding hydrogens is 346 g/mol. The van der Waals surface area contributed by atoms with Gasteiger partial charge in [0.25, 0.3) is 0 Å². The lowest BCUT2D eigenvalue weighted by molar-refractivity contribution is 0.201. The maximum atomic E-state index is 6.09. The molecule has 0 unspecified atom stereocenters. The molecule has 0 aliphatic carbocycles. The van der Waals surface area contributed by atoms with Gasteiger partial charge in [-0.3, -0.25) is 0 Å². The van der Waals surface area contributed by atoms with Crippen molar-refractivity contribution in [2.75, 3.05) is 26.7 Å². The summed E-state index contributed by atoms with van der Waals surface area (Å²) in [5.41, 5.74) is 5.04. The fraction of sp³-hybridized carbons (Fsp3) is 0.417. The second-order valence-corrected chi connectivity index (χ2v) is 7.94. The van der Waals surface area contributed by atoms with Gasteiger partial charge in [0.1, 0.15) is 12.4 Å². The van der Waals surface area contributed by atoms with Crippen molar-refractivity contribution < 1.29 is 4.74 Å². The zero-order valence-electron chi connectivity index (χ0n) is 17.0. The van der Waals surface area contributed by atoms with E-state index in [1.165, 1.54) is 40.6 Å². The van der Waals surface area contributed by atoms with E-state index in [0.29, 0.717) is 12.6 Å². The van der Waals surface area contributed by atoms with Crippen LogP contribution in [0, 0.1) is 6.92 Å². The van der Waals surface area contributed by atoms with Gasteiger partial charge in [-0.2, -0.15) is 0 Å². The first-order valence-electron chi connectivity index (χ1n) is 10.4. The number of piperidine rings is 1. The summed E-state index contributed by atoms with van der Waals surface area (Å²) in [6.07, 6.45) is 3.53. The zero-order valence-corrected chi connectivity index (χ0v) is 17.0. The van der Waals surface area contributed by atoms with Crippen LogP contribution in [0.2, 0.25) is 0 Å². The molecule has 4 heteroatoms. The lowest BCUT2D eigenvalue weighted by Gasteiger charge is -2.31. The molecule has 0 bridgehead atoms. The molecule has 1 saturated heterocycles. The summed E-state index contributed by atoms with van der Waals surface area (Å²) < 4.78 is 6.09. The van der Waals surface area contributed by atoms with E-state index >= 15 is 0 Å². The van der Waals surface area contributed by atoms with Gasteiger partial charge < -0.3 is 19.9 Å². The van der Waals surface area contributed by atoms with Crippen LogP contribution in [-0.4, -0.2) is 42.6 Å². The van der Waals surface area contributed by atoms with Gasteiger partial charge in [-0.25, -0.2) is 0 Å². The number of ether oxygens (including phenoxy) is 1. The molecule has 1 aromatic heterocycles. The Balaban J connectivity index is 1.48. The lowest BCUT2D eigenvalue weighted by Crippen LogP contribution is -2.41. The fourth-order valence-electron chi connectivity index (χ4n) is 4.17. The van der Waals surface area contributed by atoms with Crippen LogP contribution in [0.15, 0.2) is 48.5 Å². The van der Waals surface area contributed by atoms with Crippen LogP contribution in [-0.2, 0) is 13.0 Å². The van der Waals surface area contributed by atoms with Gasteiger partial charge >= 0.3 is 0 Å². The molecular formula is C24H31N3O. The third-order valence-corrected chi connectivity index (χ3v) is 5.95. The Hall–Kier alpha value is -2.30. The number of aryl methyl sites for hydroxylation is 1. The number of hydrogen-bond acceptors (Lipinski definition) is 3. The summed E-state index contributed by atoms with van der Waals surface area (Å²) in [5.74, 6) is 0.919. The van der Waals surface area contributed by atoms with E-state index in [2.05, 4.69) is 65.6 Å². The van der Waals surface area contributed by atoms with Crippen molar-refractivity contribution in [3.8, 4) is 5.75 Å². The minimum absolute atomic E-state index is 0.574. The molecule has 4 nitrogen and oxygen atoms in total. The predicted molar refractivity (Wildman–Crippen MR) is 116 cm³/mol. The van der Waals surface area contributed by atoms with Gasteiger partial charge in [0.15, 0.2) is 0 Å². The SMILES string of the molecule is Cc1ccc(OCc2[nH]c3ccccc3c2CCN(C)C2CCNCC2)cc1. The van der Waals surface area contributed by atoms with Gasteiger partial charge in [-0.05, 0) is 70.1 Å². The molecule has 0 amide bonds. The Labute approximate surface area is 167 Å². The number of nitrogens with zero attached hydrogens (tertiary/aromatic N) is 1. The van der Waals surface area contributed by atoms with E-state index in [4.69, 9.17) is 4.74 Å². The Bertz CT molecular complexity index is 894. The average Bonchev–Trinajstić information content (AvgIpc) is 3.09. The first-order chi connectivity index (χ1) is 13.7. The molecule has 0 atom stereocenters. The van der Waals surface area contributed by atoms with Crippen molar-refractivity contribution >= 4 is 10.9 Å². The Kier molecular flexibility index (Phi) is 5.98. The maximum absolute atomic E-state index is 6.09. The maximum Gasteiger partial charge on any atom is 0.128 e. The molecule has 1 fully saturated rings. The third kappa shape index (κ3) is 4.40. The van der Waals surface area contributed by atoms with Crippen molar-refractivity contribution in [3.05, 3.63) is 65.4 Å². The van der Waals surface area contributed by atoms with Crippen molar-refractivity contribution in [1.29, 1.82) is 0 Å². The smallest absolute Gasteiger partial charge is 0.128 e. The standard InChI is InChI=1S/C24H31N3O/c1-18-7-9-20(10-8-18)28-17-24-22(21-5-3-4-6-23(21)26-24)13-16-27(2)19-11-14-25-15-12-19/h3-10,19,25-26H,11-17H2,1-2H3. The first kappa shape index (κ1) is 19.0. The van der Waals surface area contributed by atoms with Crippen LogP contribution in [0.25, 0.3) is 10.9 Å². The highest BCUT2D eigenvalue weighted by molar-refractivity contribution is 5.84. The van der Waals surface area contributed by atoms with Crippen LogP contribution in [0.3, 0.4) is 0 Å². The van der Waals surface area contributed by atoms with E-state index in [0.717, 1.165) is 31.8 Å². The summed E-state index contributed by atoms with van der Waals surface area (Å²) in [4.78, 5) is 6.13. The number of H-pyrrole nitrogens is 1. The first-order valence-corrected chi connectivity index (χ1v) is 10.4. The minimum atomic E-state index is 0.574. The molecule has 28 heavy (non-hydrogen) atoms. The van der Waals surface area contributed by atoms with Crippen molar-refractivity contribution in [2.24, 2.45) is 0 Å². The number of benzene rings is 2. The number of hydrogen-bond donors (Lipinski definition) is 2. The highest BCUT2D eigenvalue weighted by Gasteiger charge is 2.19. The number of rotatable bonds is 7. The third-order valence-electron chi connectivity index (χ3n) is 5.95. The summed E-state index contributed by atoms with van der Waals surface area (Å²) in [6, 6.07) is 17.6. The molecule has 2 aromatic carbocycles. The molecule has 0 spiro atoms. The van der Waals surface area contributed by atoms with E-state index in [1.54, 1.807) is 0 Å². The van der Waals surface area contributed by atoms with Crippen LogP contribution in [0.4, 0.5) is 0 Å². The fourth-order valence-corrected chi connectivity index (χ4v) is 4.17. The second-order valence-electron chi connectivity index (χ2n) is 7.94. The van der Waals surface area contributed by atoms with Gasteiger partial charge in [-0.1, -0.05) is 35.9 Å². The Morgan fingerprint density at radius 3 is 2.57 bits per heavy atom. The molecule has 4 rings (SSSR count). The van der Waals surface area contributed by atoms with Gasteiger partial charge in [0.2, 0.25) is 0 Å². The molecule has 2 heterocycles. The summed E-state index contributed by atoms with van der Waals surface area (Å²) in [6.45, 7) is 6.02. The number of aromatic nitrogens is 1. The number of likely N-dealkylation sites (N-methyl/N-ethyl adjacent to an activating group) is 1. The van der Waals surface area contributed by atoms with E-state index < -0.39 is 0 Å². The molecule has 3 aromatic rings. The van der Waals surface area contributed by atoms with E-state index in [9.17, 15) is 0 Å². The van der Waals surface area contributed by atoms with Gasteiger partial charge in [0.05, 0.1) is 5.69 Å². The summed E-state index contributed by atoms with van der Waals surface area (Å²) in [7, 11) is 2.27. The molecule has 0 radical (unpaired) electrons. The number of para-hydroxylation sites is 1. The van der Waals surface area contributed by atoms with Crippen molar-refractivity contribution in [3.63, 3.8) is 0 Å². The molecule has 1 aliphatic heterocycles. The Morgan fingerprint density at radius 1 is 1.04 bits per heavy atom. The van der Waals surface area contributed by atoms with Crippen molar-refractivity contribution in [1.82, 2.24) is 15.2 Å². The molecule has 2 N–H and O–H groups in total. The topological polar surface area (TPSA) is 40.3 Å². The Morgan fingerprint density at radius 2 is 1.79 bits per heavy atom. The largest absolute Gasteiger partial charge is 0.487 e. The number of nitrogens with one attached hydrogen (secondary N) is 2. The summed E-state index contributed by atoms with van der Waals surface area (Å²) >= 11 is 0. The number of aromatic amines is 1. The van der Waals surface area contributed by atoms with Crippen molar-refractivity contribution in [2.45, 2.75) is 38.8 Å². The molecule has 0 saturated carbocycles. The van der Waals surface area contributed by atoms with Crippen LogP contribution < -0.4 is 10.1 Å². The lowest BCUT2D eigenvalue weighted by atomic mass is 10.0. The van der Waals surface area contributed by atoms with Crippen LogP contribution >= 0.6 is 0 Å². The van der Waals surface area contributed by atoms with E-state index in [1.807, 2.05) is 12.1 Å². The highest BCUT2D eigenvalue weighted by atomic mass is 16.5. The van der Waals surface area contributed by atoms with Crippen LogP contribution in [0.5, 0.6) is 5.75 Å². The number of fused-ring (bicyclic) bond motifs is 1. The van der Waals surface area contributed by atoms with Gasteiger partial charge in [0, 0.05) is 23.5 Å². The zero-order chi connectivity index (χ0) is 19.3. The molecule has 1 aliphatic rings. The van der Waals surface area contributed by atoms with Gasteiger partial charge in [-0.15, -0.1) is 0 Å².